The molecule has 5 nitrogen and oxygen atoms in total. The number of rotatable bonds is 2. The lowest BCUT2D eigenvalue weighted by Crippen LogP contribution is -1.86. The highest BCUT2D eigenvalue weighted by Gasteiger charge is 2.18. The van der Waals surface area contributed by atoms with Crippen LogP contribution in [-0.2, 0) is 0 Å². The Kier molecular flexibility index (Phi) is 3.41. The molecule has 0 aliphatic carbocycles. The molecule has 0 radical (unpaired) electrons. The third-order valence-corrected chi connectivity index (χ3v) is 4.15. The fraction of sp³-hybridized carbons (Fsp3) is 0.0769. The lowest BCUT2D eigenvalue weighted by molar-refractivity contribution is 0.628. The Balaban J connectivity index is 2.10. The van der Waals surface area contributed by atoms with E-state index in [1.54, 1.807) is 6.07 Å². The zero-order valence-corrected chi connectivity index (χ0v) is 12.3. The van der Waals surface area contributed by atoms with Gasteiger partial charge in [0.15, 0.2) is 11.4 Å². The molecule has 1 N–H and O–H groups in total. The quantitative estimate of drug-likeness (QED) is 0.783. The number of hydrogen-bond donors (Lipinski definition) is 1. The molecule has 2 heterocycles. The lowest BCUT2D eigenvalue weighted by Gasteiger charge is -1.98. The molecule has 0 fully saturated rings. The first-order chi connectivity index (χ1) is 10.1. The van der Waals surface area contributed by atoms with Crippen molar-refractivity contribution in [3.63, 3.8) is 0 Å². The van der Waals surface area contributed by atoms with Crippen LogP contribution in [0.5, 0.6) is 0 Å². The van der Waals surface area contributed by atoms with Crippen LogP contribution in [0.4, 0.5) is 4.39 Å². The molecule has 0 amide bonds. The molecule has 0 saturated heterocycles. The van der Waals surface area contributed by atoms with Crippen molar-refractivity contribution in [2.45, 2.75) is 6.92 Å². The van der Waals surface area contributed by atoms with E-state index in [0.29, 0.717) is 22.0 Å². The summed E-state index contributed by atoms with van der Waals surface area (Å²) < 4.78 is 13.2. The van der Waals surface area contributed by atoms with E-state index in [1.807, 2.05) is 13.0 Å². The molecule has 0 aliphatic rings. The SMILES string of the molecule is Cc1sc(-c2ccc(F)c(Cl)c2)nc1-c1n[nH]nc1C#N. The summed E-state index contributed by atoms with van der Waals surface area (Å²) in [6.45, 7) is 1.87. The summed E-state index contributed by atoms with van der Waals surface area (Å²) in [4.78, 5) is 5.35. The Bertz CT molecular complexity index is 864. The number of H-pyrrole nitrogens is 1. The van der Waals surface area contributed by atoms with Gasteiger partial charge in [-0.2, -0.15) is 15.6 Å². The molecule has 2 aromatic heterocycles. The summed E-state index contributed by atoms with van der Waals surface area (Å²) in [5.74, 6) is -0.475. The fourth-order valence-electron chi connectivity index (χ4n) is 1.84. The number of nitrogens with zero attached hydrogens (tertiary/aromatic N) is 4. The lowest BCUT2D eigenvalue weighted by atomic mass is 10.2. The van der Waals surface area contributed by atoms with Gasteiger partial charge in [-0.05, 0) is 25.1 Å². The predicted octanol–water partition coefficient (Wildman–Crippen LogP) is 3.57. The third kappa shape index (κ3) is 2.39. The number of thiazole rings is 1. The summed E-state index contributed by atoms with van der Waals surface area (Å²) >= 11 is 7.21. The maximum Gasteiger partial charge on any atom is 0.192 e. The van der Waals surface area contributed by atoms with Gasteiger partial charge < -0.3 is 0 Å². The average Bonchev–Trinajstić information content (AvgIpc) is 3.07. The minimum atomic E-state index is -0.475. The van der Waals surface area contributed by atoms with Gasteiger partial charge in [0.2, 0.25) is 0 Å². The van der Waals surface area contributed by atoms with E-state index >= 15 is 0 Å². The molecule has 0 unspecified atom stereocenters. The van der Waals surface area contributed by atoms with Gasteiger partial charge in [0.05, 0.1) is 5.02 Å². The molecule has 3 rings (SSSR count). The van der Waals surface area contributed by atoms with Crippen LogP contribution in [0.3, 0.4) is 0 Å². The zero-order valence-electron chi connectivity index (χ0n) is 10.7. The van der Waals surface area contributed by atoms with Crippen LogP contribution in [-0.4, -0.2) is 20.4 Å². The minimum Gasteiger partial charge on any atom is -0.234 e. The Morgan fingerprint density at radius 3 is 2.86 bits per heavy atom. The van der Waals surface area contributed by atoms with Crippen molar-refractivity contribution in [1.82, 2.24) is 20.4 Å². The van der Waals surface area contributed by atoms with Crippen molar-refractivity contribution < 1.29 is 4.39 Å². The van der Waals surface area contributed by atoms with E-state index in [2.05, 4.69) is 20.4 Å². The Hall–Kier alpha value is -2.30. The van der Waals surface area contributed by atoms with E-state index < -0.39 is 5.82 Å². The highest BCUT2D eigenvalue weighted by Crippen LogP contribution is 2.34. The molecular weight excluding hydrogens is 313 g/mol. The smallest absolute Gasteiger partial charge is 0.192 e. The molecule has 0 spiro atoms. The Labute approximate surface area is 128 Å². The molecule has 104 valence electrons. The van der Waals surface area contributed by atoms with Crippen molar-refractivity contribution in [3.8, 4) is 28.0 Å². The summed E-state index contributed by atoms with van der Waals surface area (Å²) in [5.41, 5.74) is 1.89. The van der Waals surface area contributed by atoms with Gasteiger partial charge in [-0.25, -0.2) is 9.37 Å². The van der Waals surface area contributed by atoms with Crippen LogP contribution >= 0.6 is 22.9 Å². The molecule has 8 heteroatoms. The van der Waals surface area contributed by atoms with Crippen molar-refractivity contribution in [1.29, 1.82) is 5.26 Å². The first-order valence-electron chi connectivity index (χ1n) is 5.84. The van der Waals surface area contributed by atoms with Gasteiger partial charge >= 0.3 is 0 Å². The number of halogens is 2. The second-order valence-corrected chi connectivity index (χ2v) is 5.80. The highest BCUT2D eigenvalue weighted by atomic mass is 35.5. The maximum absolute atomic E-state index is 13.2. The van der Waals surface area contributed by atoms with Crippen molar-refractivity contribution in [2.75, 3.05) is 0 Å². The van der Waals surface area contributed by atoms with Crippen LogP contribution in [0.2, 0.25) is 5.02 Å². The van der Waals surface area contributed by atoms with Gasteiger partial charge in [0.1, 0.15) is 22.6 Å². The third-order valence-electron chi connectivity index (χ3n) is 2.84. The molecule has 1 aromatic carbocycles. The van der Waals surface area contributed by atoms with E-state index in [9.17, 15) is 4.39 Å². The van der Waals surface area contributed by atoms with Crippen molar-refractivity contribution in [3.05, 3.63) is 39.6 Å². The van der Waals surface area contributed by atoms with Crippen LogP contribution < -0.4 is 0 Å². The molecular formula is C13H7ClFN5S. The fourth-order valence-corrected chi connectivity index (χ4v) is 2.93. The topological polar surface area (TPSA) is 78.2 Å². The molecule has 0 saturated carbocycles. The number of hydrogen-bond acceptors (Lipinski definition) is 5. The van der Waals surface area contributed by atoms with E-state index in [4.69, 9.17) is 16.9 Å². The largest absolute Gasteiger partial charge is 0.234 e. The monoisotopic (exact) mass is 319 g/mol. The number of benzene rings is 1. The summed E-state index contributed by atoms with van der Waals surface area (Å²) in [6, 6.07) is 6.38. The standard InChI is InChI=1S/C13H7ClFN5S/c1-6-11(12-10(5-16)18-20-19-12)17-13(21-6)7-2-3-9(15)8(14)4-7/h2-4H,1H3,(H,18,19,20). The highest BCUT2D eigenvalue weighted by molar-refractivity contribution is 7.15. The Morgan fingerprint density at radius 2 is 2.14 bits per heavy atom. The molecule has 0 bridgehead atoms. The number of aryl methyl sites for hydroxylation is 1. The minimum absolute atomic E-state index is 0.0426. The van der Waals surface area contributed by atoms with Crippen LogP contribution in [0.25, 0.3) is 22.0 Å². The molecule has 3 aromatic rings. The van der Waals surface area contributed by atoms with Gasteiger partial charge in [-0.1, -0.05) is 11.6 Å². The van der Waals surface area contributed by atoms with Gasteiger partial charge in [-0.15, -0.1) is 16.4 Å². The molecule has 0 atom stereocenters. The number of nitriles is 1. The number of aromatic nitrogens is 4. The summed E-state index contributed by atoms with van der Waals surface area (Å²) in [7, 11) is 0. The first-order valence-corrected chi connectivity index (χ1v) is 7.03. The van der Waals surface area contributed by atoms with E-state index in [-0.39, 0.29) is 10.7 Å². The van der Waals surface area contributed by atoms with Crippen LogP contribution in [0.1, 0.15) is 10.6 Å². The Morgan fingerprint density at radius 1 is 1.33 bits per heavy atom. The van der Waals surface area contributed by atoms with Crippen molar-refractivity contribution >= 4 is 22.9 Å². The number of nitrogens with one attached hydrogen (secondary N) is 1. The normalized spacial score (nSPS) is 10.6. The van der Waals surface area contributed by atoms with Crippen molar-refractivity contribution in [2.24, 2.45) is 0 Å². The van der Waals surface area contributed by atoms with E-state index in [1.165, 1.54) is 23.5 Å². The van der Waals surface area contributed by atoms with E-state index in [0.717, 1.165) is 4.88 Å². The second-order valence-electron chi connectivity index (χ2n) is 4.19. The predicted molar refractivity (Wildman–Crippen MR) is 77.3 cm³/mol. The molecule has 0 aliphatic heterocycles. The van der Waals surface area contributed by atoms with Gasteiger partial charge in [-0.3, -0.25) is 0 Å². The van der Waals surface area contributed by atoms with Gasteiger partial charge in [0.25, 0.3) is 0 Å². The zero-order chi connectivity index (χ0) is 15.0. The number of aromatic amines is 1. The second kappa shape index (κ2) is 5.24. The molecule has 21 heavy (non-hydrogen) atoms. The van der Waals surface area contributed by atoms with Crippen LogP contribution in [0, 0.1) is 24.1 Å². The van der Waals surface area contributed by atoms with Crippen LogP contribution in [0.15, 0.2) is 18.2 Å². The summed E-state index contributed by atoms with van der Waals surface area (Å²) in [6.07, 6.45) is 0. The average molecular weight is 320 g/mol. The first kappa shape index (κ1) is 13.7. The maximum atomic E-state index is 13.2. The summed E-state index contributed by atoms with van der Waals surface area (Å²) in [5, 5.41) is 19.8. The van der Waals surface area contributed by atoms with Gasteiger partial charge in [0, 0.05) is 10.4 Å².